The molecule has 8 heteroatoms. The molecule has 0 atom stereocenters. The van der Waals surface area contributed by atoms with Crippen LogP contribution in [-0.2, 0) is 13.1 Å². The van der Waals surface area contributed by atoms with Crippen LogP contribution in [0.2, 0.25) is 0 Å². The maximum absolute atomic E-state index is 13.5. The van der Waals surface area contributed by atoms with Crippen molar-refractivity contribution >= 4 is 22.7 Å². The third-order valence-electron chi connectivity index (χ3n) is 6.01. The molecule has 0 radical (unpaired) electrons. The summed E-state index contributed by atoms with van der Waals surface area (Å²) in [6.45, 7) is 4.34. The van der Waals surface area contributed by atoms with Crippen LogP contribution in [0, 0.1) is 0 Å². The lowest BCUT2D eigenvalue weighted by Gasteiger charge is -2.21. The average Bonchev–Trinajstić information content (AvgIpc) is 3.53. The van der Waals surface area contributed by atoms with Gasteiger partial charge in [0.1, 0.15) is 5.69 Å². The summed E-state index contributed by atoms with van der Waals surface area (Å²) < 4.78 is 1.82. The zero-order valence-electron chi connectivity index (χ0n) is 18.1. The number of nitrogens with zero attached hydrogens (tertiary/aromatic N) is 5. The highest BCUT2D eigenvalue weighted by molar-refractivity contribution is 6.11. The van der Waals surface area contributed by atoms with E-state index >= 15 is 0 Å². The highest BCUT2D eigenvalue weighted by Crippen LogP contribution is 2.33. The zero-order chi connectivity index (χ0) is 22.2. The van der Waals surface area contributed by atoms with Crippen molar-refractivity contribution in [1.82, 2.24) is 29.8 Å². The number of carbonyl (C=O) groups is 2. The van der Waals surface area contributed by atoms with Crippen molar-refractivity contribution in [2.75, 3.05) is 20.1 Å². The Balaban J connectivity index is 1.51. The monoisotopic (exact) mass is 428 g/mol. The molecule has 4 aromatic rings. The van der Waals surface area contributed by atoms with Gasteiger partial charge in [-0.15, -0.1) is 0 Å². The molecule has 3 heterocycles. The van der Waals surface area contributed by atoms with E-state index in [1.807, 2.05) is 65.2 Å². The maximum Gasteiger partial charge on any atom is 0.254 e. The van der Waals surface area contributed by atoms with Crippen LogP contribution in [0.15, 0.2) is 54.9 Å². The third-order valence-corrected chi connectivity index (χ3v) is 6.01. The number of H-pyrrole nitrogens is 1. The van der Waals surface area contributed by atoms with Crippen molar-refractivity contribution in [3.05, 3.63) is 71.5 Å². The van der Waals surface area contributed by atoms with Gasteiger partial charge in [-0.05, 0) is 42.8 Å². The summed E-state index contributed by atoms with van der Waals surface area (Å²) in [5.74, 6) is -0.00551. The fourth-order valence-corrected chi connectivity index (χ4v) is 4.30. The van der Waals surface area contributed by atoms with Crippen molar-refractivity contribution in [3.8, 4) is 11.3 Å². The van der Waals surface area contributed by atoms with Gasteiger partial charge < -0.3 is 9.80 Å². The molecule has 1 N–H and O–H groups in total. The van der Waals surface area contributed by atoms with E-state index in [1.165, 1.54) is 0 Å². The number of hydrogen-bond acceptors (Lipinski definition) is 4. The van der Waals surface area contributed by atoms with Crippen LogP contribution in [0.1, 0.15) is 33.2 Å². The summed E-state index contributed by atoms with van der Waals surface area (Å²) in [6.07, 6.45) is 3.63. The largest absolute Gasteiger partial charge is 0.337 e. The standard InChI is InChI=1S/C24H24N6O2/c1-3-29(12-13-30-11-5-10-25-30)24(32)19-6-4-7-20-21(19)22(27-26-20)16-8-9-18-17(14-16)15-28(2)23(18)31/h4-11,14H,3,12-13,15H2,1-2H3,(H,26,27). The first-order valence-electron chi connectivity index (χ1n) is 10.7. The molecule has 0 aliphatic carbocycles. The van der Waals surface area contributed by atoms with Gasteiger partial charge in [0.15, 0.2) is 0 Å². The van der Waals surface area contributed by atoms with E-state index in [4.69, 9.17) is 0 Å². The van der Waals surface area contributed by atoms with Gasteiger partial charge in [0.05, 0.1) is 17.6 Å². The van der Waals surface area contributed by atoms with E-state index in [2.05, 4.69) is 15.3 Å². The molecule has 2 amide bonds. The minimum Gasteiger partial charge on any atom is -0.337 e. The molecule has 1 aliphatic rings. The second-order valence-corrected chi connectivity index (χ2v) is 7.99. The predicted molar refractivity (Wildman–Crippen MR) is 121 cm³/mol. The second kappa shape index (κ2) is 7.96. The van der Waals surface area contributed by atoms with Gasteiger partial charge in [-0.25, -0.2) is 0 Å². The quantitative estimate of drug-likeness (QED) is 0.511. The second-order valence-electron chi connectivity index (χ2n) is 7.99. The zero-order valence-corrected chi connectivity index (χ0v) is 18.1. The Kier molecular flexibility index (Phi) is 4.97. The first kappa shape index (κ1) is 20.0. The normalized spacial score (nSPS) is 13.1. The number of nitrogens with one attached hydrogen (secondary N) is 1. The highest BCUT2D eigenvalue weighted by Gasteiger charge is 2.26. The minimum absolute atomic E-state index is 0.0325. The Hall–Kier alpha value is -3.94. The number of hydrogen-bond donors (Lipinski definition) is 1. The number of benzene rings is 2. The lowest BCUT2D eigenvalue weighted by Crippen LogP contribution is -2.34. The topological polar surface area (TPSA) is 87.1 Å². The predicted octanol–water partition coefficient (Wildman–Crippen LogP) is 3.17. The lowest BCUT2D eigenvalue weighted by atomic mass is 9.99. The summed E-state index contributed by atoms with van der Waals surface area (Å²) in [5.41, 5.74) is 4.73. The molecule has 0 bridgehead atoms. The van der Waals surface area contributed by atoms with E-state index in [-0.39, 0.29) is 11.8 Å². The molecular formula is C24H24N6O2. The molecule has 0 unspecified atom stereocenters. The van der Waals surface area contributed by atoms with Crippen LogP contribution in [0.3, 0.4) is 0 Å². The molecule has 32 heavy (non-hydrogen) atoms. The van der Waals surface area contributed by atoms with Crippen molar-refractivity contribution in [1.29, 1.82) is 0 Å². The Morgan fingerprint density at radius 1 is 1.22 bits per heavy atom. The summed E-state index contributed by atoms with van der Waals surface area (Å²) in [5, 5.41) is 12.6. The molecule has 0 fully saturated rings. The minimum atomic E-state index is -0.0380. The number of rotatable bonds is 6. The maximum atomic E-state index is 13.5. The number of amides is 2. The number of aromatic nitrogens is 4. The van der Waals surface area contributed by atoms with Crippen LogP contribution in [-0.4, -0.2) is 61.7 Å². The molecule has 1 aliphatic heterocycles. The van der Waals surface area contributed by atoms with Gasteiger partial charge >= 0.3 is 0 Å². The van der Waals surface area contributed by atoms with Crippen LogP contribution in [0.25, 0.3) is 22.2 Å². The molecule has 0 saturated carbocycles. The third kappa shape index (κ3) is 3.33. The van der Waals surface area contributed by atoms with Gasteiger partial charge in [0.25, 0.3) is 11.8 Å². The van der Waals surface area contributed by atoms with Gasteiger partial charge in [0.2, 0.25) is 0 Å². The van der Waals surface area contributed by atoms with E-state index in [1.54, 1.807) is 18.1 Å². The first-order valence-corrected chi connectivity index (χ1v) is 10.7. The summed E-state index contributed by atoms with van der Waals surface area (Å²) >= 11 is 0. The van der Waals surface area contributed by atoms with Gasteiger partial charge in [-0.2, -0.15) is 10.2 Å². The van der Waals surface area contributed by atoms with Crippen molar-refractivity contribution in [2.24, 2.45) is 0 Å². The average molecular weight is 428 g/mol. The van der Waals surface area contributed by atoms with Gasteiger partial charge in [-0.3, -0.25) is 19.4 Å². The number of aromatic amines is 1. The Morgan fingerprint density at radius 2 is 2.09 bits per heavy atom. The van der Waals surface area contributed by atoms with Gasteiger partial charge in [0, 0.05) is 55.6 Å². The molecular weight excluding hydrogens is 404 g/mol. The first-order chi connectivity index (χ1) is 15.6. The Bertz CT molecular complexity index is 1310. The molecule has 0 saturated heterocycles. The SMILES string of the molecule is CCN(CCn1cccn1)C(=O)c1cccc2[nH]nc(-c3ccc4c(c3)CN(C)C4=O)c12. The molecule has 0 spiro atoms. The molecule has 2 aromatic heterocycles. The highest BCUT2D eigenvalue weighted by atomic mass is 16.2. The molecule has 2 aromatic carbocycles. The fourth-order valence-electron chi connectivity index (χ4n) is 4.30. The van der Waals surface area contributed by atoms with E-state index in [9.17, 15) is 9.59 Å². The molecule has 8 nitrogen and oxygen atoms in total. The lowest BCUT2D eigenvalue weighted by molar-refractivity contribution is 0.0758. The van der Waals surface area contributed by atoms with Crippen LogP contribution in [0.5, 0.6) is 0 Å². The van der Waals surface area contributed by atoms with E-state index in [0.29, 0.717) is 31.7 Å². The van der Waals surface area contributed by atoms with Crippen LogP contribution >= 0.6 is 0 Å². The number of fused-ring (bicyclic) bond motifs is 2. The Labute approximate surface area is 185 Å². The van der Waals surface area contributed by atoms with E-state index < -0.39 is 0 Å². The summed E-state index contributed by atoms with van der Waals surface area (Å²) in [4.78, 5) is 29.3. The molecule has 5 rings (SSSR count). The number of likely N-dealkylation sites (N-methyl/N-ethyl adjacent to an activating group) is 1. The van der Waals surface area contributed by atoms with Crippen molar-refractivity contribution in [3.63, 3.8) is 0 Å². The number of carbonyl (C=O) groups excluding carboxylic acids is 2. The fraction of sp³-hybridized carbons (Fsp3) is 0.250. The van der Waals surface area contributed by atoms with Crippen LogP contribution in [0.4, 0.5) is 0 Å². The molecule has 162 valence electrons. The Morgan fingerprint density at radius 3 is 2.88 bits per heavy atom. The summed E-state index contributed by atoms with van der Waals surface area (Å²) in [7, 11) is 1.80. The van der Waals surface area contributed by atoms with Crippen molar-refractivity contribution in [2.45, 2.75) is 20.0 Å². The van der Waals surface area contributed by atoms with Crippen molar-refractivity contribution < 1.29 is 9.59 Å². The van der Waals surface area contributed by atoms with Crippen LogP contribution < -0.4 is 0 Å². The summed E-state index contributed by atoms with van der Waals surface area (Å²) in [6, 6.07) is 13.3. The van der Waals surface area contributed by atoms with Gasteiger partial charge in [-0.1, -0.05) is 12.1 Å². The smallest absolute Gasteiger partial charge is 0.254 e. The van der Waals surface area contributed by atoms with E-state index in [0.717, 1.165) is 33.3 Å².